The Kier molecular flexibility index (Phi) is 3.17. The SMILES string of the molecule is CC(C)N(C)C1CCC(C)(P)C1. The molecule has 0 aromatic heterocycles. The van der Waals surface area contributed by atoms with Gasteiger partial charge in [-0.3, -0.25) is 0 Å². The third kappa shape index (κ3) is 2.44. The highest BCUT2D eigenvalue weighted by Gasteiger charge is 2.33. The fourth-order valence-corrected chi connectivity index (χ4v) is 2.45. The summed E-state index contributed by atoms with van der Waals surface area (Å²) in [5, 5.41) is 0.508. The lowest BCUT2D eigenvalue weighted by Crippen LogP contribution is -2.36. The van der Waals surface area contributed by atoms with E-state index in [1.165, 1.54) is 19.3 Å². The normalized spacial score (nSPS) is 36.8. The van der Waals surface area contributed by atoms with Crippen molar-refractivity contribution in [1.82, 2.24) is 4.90 Å². The summed E-state index contributed by atoms with van der Waals surface area (Å²) in [6.45, 7) is 6.91. The van der Waals surface area contributed by atoms with Crippen LogP contribution in [-0.2, 0) is 0 Å². The highest BCUT2D eigenvalue weighted by molar-refractivity contribution is 7.18. The van der Waals surface area contributed by atoms with Gasteiger partial charge in [-0.25, -0.2) is 0 Å². The first kappa shape index (κ1) is 10.5. The Labute approximate surface area is 79.1 Å². The molecule has 0 saturated heterocycles. The van der Waals surface area contributed by atoms with Crippen molar-refractivity contribution in [2.45, 2.75) is 57.3 Å². The maximum atomic E-state index is 3.00. The molecule has 2 heteroatoms. The van der Waals surface area contributed by atoms with E-state index in [1.807, 2.05) is 0 Å². The summed E-state index contributed by atoms with van der Waals surface area (Å²) in [5.41, 5.74) is 0. The molecule has 0 radical (unpaired) electrons. The van der Waals surface area contributed by atoms with E-state index in [1.54, 1.807) is 0 Å². The van der Waals surface area contributed by atoms with E-state index in [4.69, 9.17) is 0 Å². The molecule has 1 fully saturated rings. The molecule has 1 aliphatic rings. The van der Waals surface area contributed by atoms with Crippen LogP contribution in [0.15, 0.2) is 0 Å². The van der Waals surface area contributed by atoms with Gasteiger partial charge < -0.3 is 4.90 Å². The molecule has 72 valence electrons. The molecule has 0 aromatic carbocycles. The zero-order valence-electron chi connectivity index (χ0n) is 8.80. The second-order valence-corrected chi connectivity index (χ2v) is 6.20. The van der Waals surface area contributed by atoms with E-state index in [-0.39, 0.29) is 0 Å². The molecule has 3 atom stereocenters. The second-order valence-electron chi connectivity index (χ2n) is 4.81. The third-order valence-corrected chi connectivity index (χ3v) is 3.67. The Morgan fingerprint density at radius 3 is 2.42 bits per heavy atom. The Bertz CT molecular complexity index is 154. The average Bonchev–Trinajstić information content (AvgIpc) is 2.28. The van der Waals surface area contributed by atoms with Gasteiger partial charge in [-0.15, -0.1) is 9.24 Å². The summed E-state index contributed by atoms with van der Waals surface area (Å²) >= 11 is 0. The third-order valence-electron chi connectivity index (χ3n) is 3.14. The van der Waals surface area contributed by atoms with Crippen LogP contribution >= 0.6 is 9.24 Å². The first-order valence-corrected chi connectivity index (χ1v) is 5.51. The van der Waals surface area contributed by atoms with Gasteiger partial charge in [-0.2, -0.15) is 0 Å². The smallest absolute Gasteiger partial charge is 0.0104 e. The van der Waals surface area contributed by atoms with Crippen LogP contribution in [-0.4, -0.2) is 29.2 Å². The number of nitrogens with zero attached hydrogens (tertiary/aromatic N) is 1. The molecule has 1 rings (SSSR count). The minimum atomic E-state index is 0.508. The number of hydrogen-bond acceptors (Lipinski definition) is 1. The van der Waals surface area contributed by atoms with Crippen molar-refractivity contribution in [2.24, 2.45) is 0 Å². The van der Waals surface area contributed by atoms with Gasteiger partial charge in [0.05, 0.1) is 0 Å². The molecule has 1 saturated carbocycles. The van der Waals surface area contributed by atoms with Gasteiger partial charge >= 0.3 is 0 Å². The van der Waals surface area contributed by atoms with Crippen molar-refractivity contribution >= 4 is 9.24 Å². The van der Waals surface area contributed by atoms with Gasteiger partial charge in [0.15, 0.2) is 0 Å². The van der Waals surface area contributed by atoms with E-state index < -0.39 is 0 Å². The predicted octanol–water partition coefficient (Wildman–Crippen LogP) is 2.51. The van der Waals surface area contributed by atoms with Gasteiger partial charge in [0.1, 0.15) is 0 Å². The Morgan fingerprint density at radius 2 is 2.08 bits per heavy atom. The van der Waals surface area contributed by atoms with Crippen LogP contribution in [0.5, 0.6) is 0 Å². The zero-order chi connectivity index (χ0) is 9.35. The molecule has 1 nitrogen and oxygen atoms in total. The Balaban J connectivity index is 2.47. The molecule has 0 aliphatic heterocycles. The van der Waals surface area contributed by atoms with Crippen molar-refractivity contribution in [2.75, 3.05) is 7.05 Å². The summed E-state index contributed by atoms with van der Waals surface area (Å²) in [6, 6.07) is 1.50. The van der Waals surface area contributed by atoms with Crippen molar-refractivity contribution < 1.29 is 0 Å². The molecule has 0 spiro atoms. The topological polar surface area (TPSA) is 3.24 Å². The molecule has 0 N–H and O–H groups in total. The quantitative estimate of drug-likeness (QED) is 0.600. The van der Waals surface area contributed by atoms with Crippen LogP contribution < -0.4 is 0 Å². The second kappa shape index (κ2) is 3.64. The highest BCUT2D eigenvalue weighted by atomic mass is 31.0. The molecule has 1 aliphatic carbocycles. The lowest BCUT2D eigenvalue weighted by atomic mass is 10.1. The van der Waals surface area contributed by atoms with Crippen molar-refractivity contribution in [3.8, 4) is 0 Å². The lowest BCUT2D eigenvalue weighted by molar-refractivity contribution is 0.196. The van der Waals surface area contributed by atoms with Crippen LogP contribution in [0.3, 0.4) is 0 Å². The van der Waals surface area contributed by atoms with Gasteiger partial charge in [0, 0.05) is 12.1 Å². The van der Waals surface area contributed by atoms with Crippen molar-refractivity contribution in [1.29, 1.82) is 0 Å². The highest BCUT2D eigenvalue weighted by Crippen LogP contribution is 2.39. The fourth-order valence-electron chi connectivity index (χ4n) is 2.01. The summed E-state index contributed by atoms with van der Waals surface area (Å²) in [4.78, 5) is 2.51. The first-order chi connectivity index (χ1) is 5.42. The molecule has 0 heterocycles. The molecule has 3 unspecified atom stereocenters. The molecular formula is C10H22NP. The summed E-state index contributed by atoms with van der Waals surface area (Å²) in [5.74, 6) is 0. The number of hydrogen-bond donors (Lipinski definition) is 0. The lowest BCUT2D eigenvalue weighted by Gasteiger charge is -2.29. The van der Waals surface area contributed by atoms with Crippen LogP contribution in [0.4, 0.5) is 0 Å². The van der Waals surface area contributed by atoms with E-state index in [2.05, 4.69) is 42.0 Å². The van der Waals surface area contributed by atoms with Gasteiger partial charge in [-0.1, -0.05) is 6.92 Å². The van der Waals surface area contributed by atoms with Crippen LogP contribution in [0.25, 0.3) is 0 Å². The largest absolute Gasteiger partial charge is 0.301 e. The average molecular weight is 187 g/mol. The van der Waals surface area contributed by atoms with Crippen LogP contribution in [0, 0.1) is 0 Å². The predicted molar refractivity (Wildman–Crippen MR) is 58.7 cm³/mol. The monoisotopic (exact) mass is 187 g/mol. The molecule has 0 bridgehead atoms. The first-order valence-electron chi connectivity index (χ1n) is 4.93. The standard InChI is InChI=1S/C10H22NP/c1-8(2)11(4)9-5-6-10(3,12)7-9/h8-9H,5-7,12H2,1-4H3. The van der Waals surface area contributed by atoms with Crippen molar-refractivity contribution in [3.63, 3.8) is 0 Å². The fraction of sp³-hybridized carbons (Fsp3) is 1.00. The van der Waals surface area contributed by atoms with Gasteiger partial charge in [-0.05, 0) is 45.3 Å². The van der Waals surface area contributed by atoms with E-state index in [9.17, 15) is 0 Å². The summed E-state index contributed by atoms with van der Waals surface area (Å²) in [7, 11) is 5.26. The van der Waals surface area contributed by atoms with Crippen LogP contribution in [0.2, 0.25) is 0 Å². The van der Waals surface area contributed by atoms with E-state index in [0.29, 0.717) is 11.2 Å². The molecule has 12 heavy (non-hydrogen) atoms. The zero-order valence-corrected chi connectivity index (χ0v) is 9.96. The maximum Gasteiger partial charge on any atom is 0.0104 e. The maximum absolute atomic E-state index is 3.00. The van der Waals surface area contributed by atoms with Gasteiger partial charge in [0.25, 0.3) is 0 Å². The minimum Gasteiger partial charge on any atom is -0.301 e. The van der Waals surface area contributed by atoms with E-state index in [0.717, 1.165) is 6.04 Å². The minimum absolute atomic E-state index is 0.508. The number of rotatable bonds is 2. The summed E-state index contributed by atoms with van der Waals surface area (Å²) < 4.78 is 0. The van der Waals surface area contributed by atoms with Crippen LogP contribution in [0.1, 0.15) is 40.0 Å². The Morgan fingerprint density at radius 1 is 1.50 bits per heavy atom. The summed E-state index contributed by atoms with van der Waals surface area (Å²) in [6.07, 6.45) is 4.07. The van der Waals surface area contributed by atoms with Gasteiger partial charge in [0.2, 0.25) is 0 Å². The molecular weight excluding hydrogens is 165 g/mol. The van der Waals surface area contributed by atoms with Crippen molar-refractivity contribution in [3.05, 3.63) is 0 Å². The van der Waals surface area contributed by atoms with E-state index >= 15 is 0 Å². The molecule has 0 amide bonds. The molecule has 0 aromatic rings. The Hall–Kier alpha value is 0.390.